The first-order valence-electron chi connectivity index (χ1n) is 6.75. The maximum absolute atomic E-state index is 12.1. The van der Waals surface area contributed by atoms with E-state index in [1.807, 2.05) is 20.8 Å². The molecular weight excluding hydrogens is 248 g/mol. The number of carboxylic acid groups (broad SMARTS) is 1. The Kier molecular flexibility index (Phi) is 6.08. The number of carbonyl (C=O) groups excluding carboxylic acids is 1. The summed E-state index contributed by atoms with van der Waals surface area (Å²) in [5.74, 6) is -0.447. The Bertz CT molecular complexity index is 314. The van der Waals surface area contributed by atoms with E-state index in [0.717, 1.165) is 13.0 Å². The van der Waals surface area contributed by atoms with Crippen LogP contribution in [0.25, 0.3) is 0 Å². The van der Waals surface area contributed by atoms with Crippen LogP contribution >= 0.6 is 0 Å². The molecule has 2 N–H and O–H groups in total. The van der Waals surface area contributed by atoms with Crippen molar-refractivity contribution < 1.29 is 19.4 Å². The Hall–Kier alpha value is -1.30. The largest absolute Gasteiger partial charge is 0.480 e. The molecule has 0 aromatic rings. The number of nitrogens with one attached hydrogen (secondary N) is 1. The molecule has 0 bridgehead atoms. The lowest BCUT2D eigenvalue weighted by Gasteiger charge is -2.27. The van der Waals surface area contributed by atoms with Crippen LogP contribution in [-0.2, 0) is 9.53 Å². The lowest BCUT2D eigenvalue weighted by atomic mass is 10.0. The minimum absolute atomic E-state index is 0.00143. The molecule has 19 heavy (non-hydrogen) atoms. The van der Waals surface area contributed by atoms with Crippen LogP contribution in [0.15, 0.2) is 0 Å². The molecule has 0 aromatic carbocycles. The van der Waals surface area contributed by atoms with E-state index in [4.69, 9.17) is 9.84 Å². The fourth-order valence-electron chi connectivity index (χ4n) is 2.17. The number of rotatable bonds is 6. The molecule has 0 radical (unpaired) electrons. The second-order valence-electron chi connectivity index (χ2n) is 5.53. The first kappa shape index (κ1) is 15.8. The van der Waals surface area contributed by atoms with Gasteiger partial charge in [0, 0.05) is 25.1 Å². The van der Waals surface area contributed by atoms with Crippen LogP contribution in [0, 0.1) is 11.8 Å². The normalized spacial score (nSPS) is 20.3. The van der Waals surface area contributed by atoms with E-state index in [2.05, 4.69) is 5.32 Å². The zero-order valence-corrected chi connectivity index (χ0v) is 11.9. The molecule has 0 aliphatic carbocycles. The van der Waals surface area contributed by atoms with Crippen molar-refractivity contribution in [1.29, 1.82) is 0 Å². The quantitative estimate of drug-likeness (QED) is 0.760. The van der Waals surface area contributed by atoms with Gasteiger partial charge in [0.25, 0.3) is 0 Å². The molecule has 0 spiro atoms. The molecular formula is C13H24N2O4. The average Bonchev–Trinajstić information content (AvgIpc) is 2.79. The Morgan fingerprint density at radius 1 is 1.42 bits per heavy atom. The van der Waals surface area contributed by atoms with Crippen LogP contribution < -0.4 is 5.32 Å². The zero-order valence-electron chi connectivity index (χ0n) is 11.9. The summed E-state index contributed by atoms with van der Waals surface area (Å²) in [6.07, 6.45) is 0.935. The summed E-state index contributed by atoms with van der Waals surface area (Å²) < 4.78 is 5.29. The van der Waals surface area contributed by atoms with Gasteiger partial charge in [-0.05, 0) is 19.3 Å². The molecule has 1 fully saturated rings. The molecule has 1 aliphatic rings. The van der Waals surface area contributed by atoms with E-state index in [0.29, 0.717) is 19.1 Å². The Morgan fingerprint density at radius 3 is 2.58 bits per heavy atom. The van der Waals surface area contributed by atoms with E-state index in [-0.39, 0.29) is 24.5 Å². The highest BCUT2D eigenvalue weighted by Crippen LogP contribution is 2.16. The van der Waals surface area contributed by atoms with E-state index in [9.17, 15) is 9.59 Å². The number of nitrogens with zero attached hydrogens (tertiary/aromatic N) is 1. The van der Waals surface area contributed by atoms with Gasteiger partial charge in [0.05, 0.1) is 6.61 Å². The van der Waals surface area contributed by atoms with Crippen LogP contribution in [0.3, 0.4) is 0 Å². The van der Waals surface area contributed by atoms with Gasteiger partial charge in [0.1, 0.15) is 6.54 Å². The van der Waals surface area contributed by atoms with Crippen LogP contribution in [0.2, 0.25) is 0 Å². The number of carbonyl (C=O) groups is 2. The predicted octanol–water partition coefficient (Wildman–Crippen LogP) is 1.16. The van der Waals surface area contributed by atoms with Gasteiger partial charge in [-0.25, -0.2) is 4.79 Å². The van der Waals surface area contributed by atoms with Gasteiger partial charge >= 0.3 is 12.0 Å². The minimum Gasteiger partial charge on any atom is -0.480 e. The number of amides is 2. The summed E-state index contributed by atoms with van der Waals surface area (Å²) in [5.41, 5.74) is 0. The summed E-state index contributed by atoms with van der Waals surface area (Å²) in [6.45, 7) is 7.41. The second kappa shape index (κ2) is 7.33. The van der Waals surface area contributed by atoms with Crippen LogP contribution in [0.5, 0.6) is 0 Å². The number of ether oxygens (including phenoxy) is 1. The Morgan fingerprint density at radius 2 is 2.11 bits per heavy atom. The molecule has 6 heteroatoms. The van der Waals surface area contributed by atoms with Crippen LogP contribution in [0.4, 0.5) is 4.79 Å². The van der Waals surface area contributed by atoms with E-state index in [1.165, 1.54) is 4.90 Å². The number of urea groups is 1. The van der Waals surface area contributed by atoms with Gasteiger partial charge in [-0.15, -0.1) is 0 Å². The summed E-state index contributed by atoms with van der Waals surface area (Å²) in [4.78, 5) is 24.2. The first-order valence-corrected chi connectivity index (χ1v) is 6.75. The molecule has 0 aromatic heterocycles. The Labute approximate surface area is 114 Å². The molecule has 110 valence electrons. The molecule has 1 saturated heterocycles. The third kappa shape index (κ3) is 5.46. The first-order chi connectivity index (χ1) is 8.90. The number of hydrogen-bond donors (Lipinski definition) is 2. The van der Waals surface area contributed by atoms with Crippen molar-refractivity contribution in [2.75, 3.05) is 26.3 Å². The molecule has 1 rings (SSSR count). The molecule has 2 atom stereocenters. The summed E-state index contributed by atoms with van der Waals surface area (Å²) >= 11 is 0. The van der Waals surface area contributed by atoms with Gasteiger partial charge in [0.15, 0.2) is 0 Å². The third-order valence-corrected chi connectivity index (χ3v) is 3.22. The minimum atomic E-state index is -0.993. The molecule has 0 saturated carbocycles. The highest BCUT2D eigenvalue weighted by molar-refractivity contribution is 5.80. The van der Waals surface area contributed by atoms with Crippen molar-refractivity contribution in [3.8, 4) is 0 Å². The number of hydrogen-bond acceptors (Lipinski definition) is 3. The highest BCUT2D eigenvalue weighted by atomic mass is 16.5. The van der Waals surface area contributed by atoms with Crippen molar-refractivity contribution in [1.82, 2.24) is 10.2 Å². The molecule has 1 aliphatic heterocycles. The SMILES string of the molecule is CC(C)CN(CC(=O)O)C(=O)NC(C)C1CCOC1. The van der Waals surface area contributed by atoms with Crippen molar-refractivity contribution in [3.63, 3.8) is 0 Å². The van der Waals surface area contributed by atoms with Gasteiger partial charge in [0.2, 0.25) is 0 Å². The standard InChI is InChI=1S/C13H24N2O4/c1-9(2)6-15(7-12(16)17)13(18)14-10(3)11-4-5-19-8-11/h9-11H,4-8H2,1-3H3,(H,14,18)(H,16,17). The van der Waals surface area contributed by atoms with Crippen molar-refractivity contribution in [3.05, 3.63) is 0 Å². The highest BCUT2D eigenvalue weighted by Gasteiger charge is 2.26. The maximum Gasteiger partial charge on any atom is 0.323 e. The van der Waals surface area contributed by atoms with E-state index in [1.54, 1.807) is 0 Å². The summed E-state index contributed by atoms with van der Waals surface area (Å²) in [6, 6.07) is -0.311. The van der Waals surface area contributed by atoms with Crippen LogP contribution in [-0.4, -0.2) is 54.4 Å². The summed E-state index contributed by atoms with van der Waals surface area (Å²) in [7, 11) is 0. The number of carboxylic acids is 1. The lowest BCUT2D eigenvalue weighted by Crippen LogP contribution is -2.49. The molecule has 2 amide bonds. The fraction of sp³-hybridized carbons (Fsp3) is 0.846. The van der Waals surface area contributed by atoms with Gasteiger partial charge in [-0.3, -0.25) is 4.79 Å². The predicted molar refractivity (Wildman–Crippen MR) is 71.0 cm³/mol. The maximum atomic E-state index is 12.1. The number of aliphatic carboxylic acids is 1. The fourth-order valence-corrected chi connectivity index (χ4v) is 2.17. The van der Waals surface area contributed by atoms with Gasteiger partial charge < -0.3 is 20.1 Å². The average molecular weight is 272 g/mol. The van der Waals surface area contributed by atoms with E-state index >= 15 is 0 Å². The topological polar surface area (TPSA) is 78.9 Å². The lowest BCUT2D eigenvalue weighted by molar-refractivity contribution is -0.137. The van der Waals surface area contributed by atoms with Gasteiger partial charge in [-0.1, -0.05) is 13.8 Å². The molecule has 1 heterocycles. The van der Waals surface area contributed by atoms with Crippen molar-refractivity contribution in [2.24, 2.45) is 11.8 Å². The molecule has 6 nitrogen and oxygen atoms in total. The van der Waals surface area contributed by atoms with E-state index < -0.39 is 5.97 Å². The summed E-state index contributed by atoms with van der Waals surface area (Å²) in [5, 5.41) is 11.7. The van der Waals surface area contributed by atoms with Gasteiger partial charge in [-0.2, -0.15) is 0 Å². The molecule has 2 unspecified atom stereocenters. The van der Waals surface area contributed by atoms with Crippen LogP contribution in [0.1, 0.15) is 27.2 Å². The smallest absolute Gasteiger partial charge is 0.323 e. The third-order valence-electron chi connectivity index (χ3n) is 3.22. The van der Waals surface area contributed by atoms with Crippen molar-refractivity contribution in [2.45, 2.75) is 33.2 Å². The second-order valence-corrected chi connectivity index (χ2v) is 5.53. The monoisotopic (exact) mass is 272 g/mol. The Balaban J connectivity index is 2.52. The zero-order chi connectivity index (χ0) is 14.4. The van der Waals surface area contributed by atoms with Crippen molar-refractivity contribution >= 4 is 12.0 Å².